The summed E-state index contributed by atoms with van der Waals surface area (Å²) >= 11 is 1.49. The Morgan fingerprint density at radius 2 is 1.75 bits per heavy atom. The number of ether oxygens (including phenoxy) is 1. The second kappa shape index (κ2) is 10.9. The lowest BCUT2D eigenvalue weighted by molar-refractivity contribution is -0.115. The van der Waals surface area contributed by atoms with Crippen molar-refractivity contribution >= 4 is 35.0 Å². The van der Waals surface area contributed by atoms with Crippen molar-refractivity contribution in [1.82, 2.24) is 0 Å². The third kappa shape index (κ3) is 6.14. The molecule has 0 heterocycles. The quantitative estimate of drug-likeness (QED) is 0.410. The molecule has 0 fully saturated rings. The van der Waals surface area contributed by atoms with Crippen molar-refractivity contribution in [1.29, 1.82) is 0 Å². The number of hydrogen-bond acceptors (Lipinski definition) is 4. The van der Waals surface area contributed by atoms with Gasteiger partial charge in [-0.2, -0.15) is 0 Å². The van der Waals surface area contributed by atoms with Gasteiger partial charge in [0.05, 0.1) is 12.4 Å². The Hall–Kier alpha value is -3.25. The van der Waals surface area contributed by atoms with Crippen LogP contribution in [0.4, 0.5) is 11.4 Å². The molecule has 166 valence electrons. The summed E-state index contributed by atoms with van der Waals surface area (Å²) in [5.41, 5.74) is 4.17. The standard InChI is InChI=1S/C26H28N2O3S/c1-5-24(26(30)28-23-14-17(2)12-13-18(23)3)32-22-11-7-9-20(16-22)27-25(29)19-8-6-10-21(15-19)31-4/h6-16,24H,5H2,1-4H3,(H,27,29)(H,28,30). The first kappa shape index (κ1) is 23.4. The normalized spacial score (nSPS) is 11.5. The zero-order valence-electron chi connectivity index (χ0n) is 18.8. The molecule has 3 rings (SSSR count). The molecule has 3 aromatic carbocycles. The molecular weight excluding hydrogens is 420 g/mol. The van der Waals surface area contributed by atoms with Gasteiger partial charge in [-0.25, -0.2) is 0 Å². The van der Waals surface area contributed by atoms with Crippen LogP contribution in [0, 0.1) is 13.8 Å². The number of aryl methyl sites for hydroxylation is 2. The van der Waals surface area contributed by atoms with E-state index in [-0.39, 0.29) is 17.1 Å². The zero-order valence-corrected chi connectivity index (χ0v) is 19.6. The number of carbonyl (C=O) groups excluding carboxylic acids is 2. The fourth-order valence-corrected chi connectivity index (χ4v) is 4.20. The summed E-state index contributed by atoms with van der Waals surface area (Å²) in [5.74, 6) is 0.380. The first-order valence-corrected chi connectivity index (χ1v) is 11.4. The van der Waals surface area contributed by atoms with E-state index < -0.39 is 0 Å². The van der Waals surface area contributed by atoms with Crippen LogP contribution in [-0.2, 0) is 4.79 Å². The largest absolute Gasteiger partial charge is 0.497 e. The van der Waals surface area contributed by atoms with Crippen LogP contribution in [0.15, 0.2) is 71.6 Å². The van der Waals surface area contributed by atoms with E-state index in [1.165, 1.54) is 11.8 Å². The van der Waals surface area contributed by atoms with Gasteiger partial charge in [0.15, 0.2) is 0 Å². The lowest BCUT2D eigenvalue weighted by atomic mass is 10.1. The van der Waals surface area contributed by atoms with Gasteiger partial charge in [0.1, 0.15) is 5.75 Å². The summed E-state index contributed by atoms with van der Waals surface area (Å²) in [6.07, 6.45) is 0.682. The topological polar surface area (TPSA) is 67.4 Å². The SMILES string of the molecule is CCC(Sc1cccc(NC(=O)c2cccc(OC)c2)c1)C(=O)Nc1cc(C)ccc1C. The van der Waals surface area contributed by atoms with Gasteiger partial charge in [-0.1, -0.05) is 31.2 Å². The van der Waals surface area contributed by atoms with Crippen LogP contribution in [0.25, 0.3) is 0 Å². The van der Waals surface area contributed by atoms with E-state index in [4.69, 9.17) is 4.74 Å². The van der Waals surface area contributed by atoms with E-state index >= 15 is 0 Å². The van der Waals surface area contributed by atoms with Gasteiger partial charge < -0.3 is 15.4 Å². The Bertz CT molecular complexity index is 1110. The van der Waals surface area contributed by atoms with Crippen LogP contribution in [0.5, 0.6) is 5.75 Å². The van der Waals surface area contributed by atoms with Crippen molar-refractivity contribution in [2.45, 2.75) is 37.3 Å². The minimum Gasteiger partial charge on any atom is -0.497 e. The molecule has 2 amide bonds. The maximum atomic E-state index is 12.9. The highest BCUT2D eigenvalue weighted by molar-refractivity contribution is 8.00. The Balaban J connectivity index is 1.68. The summed E-state index contributed by atoms with van der Waals surface area (Å²) in [7, 11) is 1.57. The van der Waals surface area contributed by atoms with Crippen LogP contribution in [0.2, 0.25) is 0 Å². The molecule has 0 spiro atoms. The summed E-state index contributed by atoms with van der Waals surface area (Å²) in [4.78, 5) is 26.4. The highest BCUT2D eigenvalue weighted by Crippen LogP contribution is 2.29. The molecular formula is C26H28N2O3S. The Morgan fingerprint density at radius 1 is 0.969 bits per heavy atom. The third-order valence-electron chi connectivity index (χ3n) is 5.02. The van der Waals surface area contributed by atoms with Crippen molar-refractivity contribution in [3.05, 3.63) is 83.4 Å². The number of hydrogen-bond donors (Lipinski definition) is 2. The molecule has 0 aromatic heterocycles. The Labute approximate surface area is 193 Å². The van der Waals surface area contributed by atoms with E-state index in [0.29, 0.717) is 23.4 Å². The lowest BCUT2D eigenvalue weighted by Gasteiger charge is -2.17. The number of benzene rings is 3. The molecule has 0 aliphatic heterocycles. The zero-order chi connectivity index (χ0) is 23.1. The van der Waals surface area contributed by atoms with Gasteiger partial charge in [0, 0.05) is 21.8 Å². The third-order valence-corrected chi connectivity index (χ3v) is 6.37. The molecule has 0 aliphatic rings. The van der Waals surface area contributed by atoms with E-state index in [0.717, 1.165) is 21.7 Å². The molecule has 32 heavy (non-hydrogen) atoms. The minimum atomic E-state index is -0.251. The smallest absolute Gasteiger partial charge is 0.255 e. The molecule has 0 bridgehead atoms. The maximum absolute atomic E-state index is 12.9. The number of amides is 2. The van der Waals surface area contributed by atoms with Crippen molar-refractivity contribution in [2.24, 2.45) is 0 Å². The van der Waals surface area contributed by atoms with Crippen molar-refractivity contribution in [3.8, 4) is 5.75 Å². The number of anilines is 2. The number of methoxy groups -OCH3 is 1. The predicted octanol–water partition coefficient (Wildman–Crippen LogP) is 6.07. The molecule has 0 saturated heterocycles. The molecule has 1 unspecified atom stereocenters. The highest BCUT2D eigenvalue weighted by Gasteiger charge is 2.19. The van der Waals surface area contributed by atoms with Crippen LogP contribution < -0.4 is 15.4 Å². The molecule has 2 N–H and O–H groups in total. The summed E-state index contributed by atoms with van der Waals surface area (Å²) in [5, 5.41) is 5.72. The van der Waals surface area contributed by atoms with Gasteiger partial charge in [0.25, 0.3) is 5.91 Å². The summed E-state index contributed by atoms with van der Waals surface area (Å²) < 4.78 is 5.19. The molecule has 0 radical (unpaired) electrons. The highest BCUT2D eigenvalue weighted by atomic mass is 32.2. The van der Waals surface area contributed by atoms with E-state index in [2.05, 4.69) is 10.6 Å². The Morgan fingerprint density at radius 3 is 2.50 bits per heavy atom. The molecule has 0 saturated carbocycles. The second-order valence-corrected chi connectivity index (χ2v) is 8.81. The number of rotatable bonds is 8. The van der Waals surface area contributed by atoms with Crippen molar-refractivity contribution in [3.63, 3.8) is 0 Å². The van der Waals surface area contributed by atoms with Crippen LogP contribution in [0.1, 0.15) is 34.8 Å². The molecule has 1 atom stereocenters. The van der Waals surface area contributed by atoms with Crippen LogP contribution in [-0.4, -0.2) is 24.2 Å². The predicted molar refractivity (Wildman–Crippen MR) is 132 cm³/mol. The summed E-state index contributed by atoms with van der Waals surface area (Å²) in [6.45, 7) is 5.98. The monoisotopic (exact) mass is 448 g/mol. The molecule has 3 aromatic rings. The molecule has 6 heteroatoms. The fourth-order valence-electron chi connectivity index (χ4n) is 3.18. The van der Waals surface area contributed by atoms with Crippen molar-refractivity contribution in [2.75, 3.05) is 17.7 Å². The fraction of sp³-hybridized carbons (Fsp3) is 0.231. The Kier molecular flexibility index (Phi) is 7.95. The van der Waals surface area contributed by atoms with Crippen LogP contribution >= 0.6 is 11.8 Å². The second-order valence-electron chi connectivity index (χ2n) is 7.54. The van der Waals surface area contributed by atoms with Gasteiger partial charge in [-0.3, -0.25) is 9.59 Å². The first-order chi connectivity index (χ1) is 15.4. The summed E-state index contributed by atoms with van der Waals surface area (Å²) in [6, 6.07) is 20.6. The molecule has 5 nitrogen and oxygen atoms in total. The lowest BCUT2D eigenvalue weighted by Crippen LogP contribution is -2.25. The average molecular weight is 449 g/mol. The minimum absolute atomic E-state index is 0.0305. The van der Waals surface area contributed by atoms with Gasteiger partial charge in [-0.05, 0) is 73.9 Å². The molecule has 0 aliphatic carbocycles. The van der Waals surface area contributed by atoms with Crippen molar-refractivity contribution < 1.29 is 14.3 Å². The van der Waals surface area contributed by atoms with Gasteiger partial charge in [-0.15, -0.1) is 11.8 Å². The number of carbonyl (C=O) groups is 2. The van der Waals surface area contributed by atoms with Gasteiger partial charge >= 0.3 is 0 Å². The van der Waals surface area contributed by atoms with E-state index in [1.54, 1.807) is 31.4 Å². The average Bonchev–Trinajstić information content (AvgIpc) is 2.80. The van der Waals surface area contributed by atoms with Crippen LogP contribution in [0.3, 0.4) is 0 Å². The maximum Gasteiger partial charge on any atom is 0.255 e. The number of nitrogens with one attached hydrogen (secondary N) is 2. The first-order valence-electron chi connectivity index (χ1n) is 10.5. The number of thioether (sulfide) groups is 1. The van der Waals surface area contributed by atoms with E-state index in [9.17, 15) is 9.59 Å². The van der Waals surface area contributed by atoms with E-state index in [1.807, 2.05) is 63.2 Å². The van der Waals surface area contributed by atoms with Gasteiger partial charge in [0.2, 0.25) is 5.91 Å².